The van der Waals surface area contributed by atoms with Gasteiger partial charge in [-0.25, -0.2) is 0 Å². The summed E-state index contributed by atoms with van der Waals surface area (Å²) in [6, 6.07) is 0. The molecule has 1 aliphatic heterocycles. The molecule has 1 heteroatoms. The van der Waals surface area contributed by atoms with E-state index in [0.717, 1.165) is 5.92 Å². The summed E-state index contributed by atoms with van der Waals surface area (Å²) in [5.41, 5.74) is 0. The summed E-state index contributed by atoms with van der Waals surface area (Å²) < 4.78 is 0. The first kappa shape index (κ1) is 17.4. The second kappa shape index (κ2) is 14.0. The lowest BCUT2D eigenvalue weighted by Gasteiger charge is -2.30. The van der Waals surface area contributed by atoms with Crippen molar-refractivity contribution in [3.8, 4) is 0 Å². The Morgan fingerprint density at radius 2 is 1.40 bits per heavy atom. The van der Waals surface area contributed by atoms with Crippen LogP contribution in [-0.2, 0) is 0 Å². The standard InChI is InChI=1S/C10H21N.2C2H6/c1-3-7-11-8-5-10(4-2)6-9-11;2*1-2/h10H,3-9H2,1-2H3;2*1-2H3. The van der Waals surface area contributed by atoms with Crippen LogP contribution in [0.3, 0.4) is 0 Å². The molecule has 1 aliphatic rings. The van der Waals surface area contributed by atoms with E-state index in [9.17, 15) is 0 Å². The maximum absolute atomic E-state index is 2.60. The molecule has 0 saturated carbocycles. The van der Waals surface area contributed by atoms with Crippen molar-refractivity contribution in [2.24, 2.45) is 5.92 Å². The minimum absolute atomic E-state index is 1.03. The van der Waals surface area contributed by atoms with Crippen molar-refractivity contribution in [2.45, 2.75) is 67.2 Å². The van der Waals surface area contributed by atoms with Gasteiger partial charge >= 0.3 is 0 Å². The van der Waals surface area contributed by atoms with Crippen molar-refractivity contribution in [3.63, 3.8) is 0 Å². The normalized spacial score (nSPS) is 17.2. The van der Waals surface area contributed by atoms with Gasteiger partial charge in [0.1, 0.15) is 0 Å². The Bertz CT molecular complexity index is 93.5. The van der Waals surface area contributed by atoms with E-state index in [2.05, 4.69) is 18.7 Å². The quantitative estimate of drug-likeness (QED) is 0.666. The number of piperidine rings is 1. The molecule has 0 aliphatic carbocycles. The number of nitrogens with zero attached hydrogens (tertiary/aromatic N) is 1. The molecule has 1 fully saturated rings. The zero-order chi connectivity index (χ0) is 12.1. The predicted octanol–water partition coefficient (Wildman–Crippen LogP) is 4.57. The Balaban J connectivity index is 0. The lowest BCUT2D eigenvalue weighted by Crippen LogP contribution is -2.33. The molecule has 0 aromatic carbocycles. The Hall–Kier alpha value is -0.0400. The van der Waals surface area contributed by atoms with Gasteiger partial charge in [-0.3, -0.25) is 0 Å². The molecule has 0 aromatic rings. The first-order chi connectivity index (χ1) is 7.36. The molecule has 1 rings (SSSR count). The topological polar surface area (TPSA) is 3.24 Å². The van der Waals surface area contributed by atoms with Crippen LogP contribution in [0.5, 0.6) is 0 Å². The largest absolute Gasteiger partial charge is 0.303 e. The molecule has 0 atom stereocenters. The fraction of sp³-hybridized carbons (Fsp3) is 1.00. The molecule has 15 heavy (non-hydrogen) atoms. The van der Waals surface area contributed by atoms with Crippen LogP contribution in [0.25, 0.3) is 0 Å². The third-order valence-electron chi connectivity index (χ3n) is 2.82. The van der Waals surface area contributed by atoms with E-state index in [1.165, 1.54) is 45.3 Å². The van der Waals surface area contributed by atoms with Crippen molar-refractivity contribution in [2.75, 3.05) is 19.6 Å². The second-order valence-corrected chi connectivity index (χ2v) is 3.69. The van der Waals surface area contributed by atoms with Gasteiger partial charge in [-0.2, -0.15) is 0 Å². The molecule has 0 radical (unpaired) electrons. The molecule has 0 bridgehead atoms. The number of likely N-dealkylation sites (tertiary alicyclic amines) is 1. The van der Waals surface area contributed by atoms with Crippen LogP contribution in [0, 0.1) is 5.92 Å². The van der Waals surface area contributed by atoms with E-state index in [0.29, 0.717) is 0 Å². The van der Waals surface area contributed by atoms with Gasteiger partial charge in [0.15, 0.2) is 0 Å². The van der Waals surface area contributed by atoms with Crippen LogP contribution in [0.1, 0.15) is 67.2 Å². The van der Waals surface area contributed by atoms with Crippen molar-refractivity contribution in [3.05, 3.63) is 0 Å². The highest BCUT2D eigenvalue weighted by Crippen LogP contribution is 2.19. The average Bonchev–Trinajstić information content (AvgIpc) is 2.36. The molecule has 0 spiro atoms. The smallest absolute Gasteiger partial charge is 0.00161 e. The van der Waals surface area contributed by atoms with Crippen molar-refractivity contribution < 1.29 is 0 Å². The number of hydrogen-bond acceptors (Lipinski definition) is 1. The minimum atomic E-state index is 1.03. The van der Waals surface area contributed by atoms with E-state index < -0.39 is 0 Å². The molecule has 1 nitrogen and oxygen atoms in total. The van der Waals surface area contributed by atoms with Gasteiger partial charge in [0, 0.05) is 0 Å². The molecule has 1 saturated heterocycles. The van der Waals surface area contributed by atoms with Crippen LogP contribution >= 0.6 is 0 Å². The summed E-state index contributed by atoms with van der Waals surface area (Å²) >= 11 is 0. The Kier molecular flexibility index (Phi) is 16.2. The lowest BCUT2D eigenvalue weighted by atomic mass is 9.94. The Labute approximate surface area is 98.2 Å². The minimum Gasteiger partial charge on any atom is -0.303 e. The molecule has 1 heterocycles. The highest BCUT2D eigenvalue weighted by Gasteiger charge is 2.16. The summed E-state index contributed by atoms with van der Waals surface area (Å²) in [5.74, 6) is 1.03. The SMILES string of the molecule is CC.CC.CCCN1CCC(CC)CC1. The summed E-state index contributed by atoms with van der Waals surface area (Å²) in [6.45, 7) is 16.6. The van der Waals surface area contributed by atoms with E-state index in [4.69, 9.17) is 0 Å². The summed E-state index contributed by atoms with van der Waals surface area (Å²) in [5, 5.41) is 0. The van der Waals surface area contributed by atoms with Crippen LogP contribution < -0.4 is 0 Å². The first-order valence-corrected chi connectivity index (χ1v) is 7.09. The van der Waals surface area contributed by atoms with Gasteiger partial charge < -0.3 is 4.90 Å². The number of rotatable bonds is 3. The summed E-state index contributed by atoms with van der Waals surface area (Å²) in [4.78, 5) is 2.60. The van der Waals surface area contributed by atoms with E-state index >= 15 is 0 Å². The lowest BCUT2D eigenvalue weighted by molar-refractivity contribution is 0.182. The zero-order valence-electron chi connectivity index (χ0n) is 12.0. The molecule has 94 valence electrons. The maximum Gasteiger partial charge on any atom is -0.00161 e. The fourth-order valence-corrected chi connectivity index (χ4v) is 1.93. The molecule has 0 N–H and O–H groups in total. The highest BCUT2D eigenvalue weighted by atomic mass is 15.1. The van der Waals surface area contributed by atoms with E-state index in [1.807, 2.05) is 27.7 Å². The molecular formula is C14H33N. The average molecular weight is 215 g/mol. The molecule has 0 amide bonds. The summed E-state index contributed by atoms with van der Waals surface area (Å²) in [6.07, 6.45) is 5.59. The van der Waals surface area contributed by atoms with Crippen molar-refractivity contribution in [1.82, 2.24) is 4.90 Å². The molecule has 0 unspecified atom stereocenters. The third kappa shape index (κ3) is 8.92. The molecular weight excluding hydrogens is 182 g/mol. The fourth-order valence-electron chi connectivity index (χ4n) is 1.93. The number of hydrogen-bond donors (Lipinski definition) is 0. The third-order valence-corrected chi connectivity index (χ3v) is 2.82. The van der Waals surface area contributed by atoms with Gasteiger partial charge in [-0.1, -0.05) is 48.0 Å². The molecule has 0 aromatic heterocycles. The Morgan fingerprint density at radius 1 is 0.933 bits per heavy atom. The van der Waals surface area contributed by atoms with Crippen molar-refractivity contribution >= 4 is 0 Å². The van der Waals surface area contributed by atoms with Gasteiger partial charge in [0.05, 0.1) is 0 Å². The second-order valence-electron chi connectivity index (χ2n) is 3.69. The van der Waals surface area contributed by atoms with Gasteiger partial charge in [-0.15, -0.1) is 0 Å². The van der Waals surface area contributed by atoms with Gasteiger partial charge in [-0.05, 0) is 44.8 Å². The zero-order valence-corrected chi connectivity index (χ0v) is 12.0. The first-order valence-electron chi connectivity index (χ1n) is 7.09. The van der Waals surface area contributed by atoms with Crippen LogP contribution in [0.15, 0.2) is 0 Å². The van der Waals surface area contributed by atoms with Crippen LogP contribution in [0.4, 0.5) is 0 Å². The van der Waals surface area contributed by atoms with Gasteiger partial charge in [0.25, 0.3) is 0 Å². The summed E-state index contributed by atoms with van der Waals surface area (Å²) in [7, 11) is 0. The van der Waals surface area contributed by atoms with Gasteiger partial charge in [0.2, 0.25) is 0 Å². The van der Waals surface area contributed by atoms with E-state index in [1.54, 1.807) is 0 Å². The van der Waals surface area contributed by atoms with Crippen molar-refractivity contribution in [1.29, 1.82) is 0 Å². The maximum atomic E-state index is 2.60. The van der Waals surface area contributed by atoms with E-state index in [-0.39, 0.29) is 0 Å². The van der Waals surface area contributed by atoms with Crippen LogP contribution in [0.2, 0.25) is 0 Å². The Morgan fingerprint density at radius 3 is 1.73 bits per heavy atom. The van der Waals surface area contributed by atoms with Crippen LogP contribution in [-0.4, -0.2) is 24.5 Å². The highest BCUT2D eigenvalue weighted by molar-refractivity contribution is 4.70. The predicted molar refractivity (Wildman–Crippen MR) is 72.4 cm³/mol. The monoisotopic (exact) mass is 215 g/mol.